The Morgan fingerprint density at radius 2 is 1.60 bits per heavy atom. The number of methoxy groups -OCH3 is 2. The first kappa shape index (κ1) is 19.3. The van der Waals surface area contributed by atoms with Crippen molar-refractivity contribution in [3.63, 3.8) is 0 Å². The van der Waals surface area contributed by atoms with Crippen LogP contribution in [0.25, 0.3) is 6.08 Å². The molecule has 6 heteroatoms. The zero-order valence-electron chi connectivity index (χ0n) is 16.4. The van der Waals surface area contributed by atoms with E-state index in [1.54, 1.807) is 55.7 Å². The van der Waals surface area contributed by atoms with E-state index in [4.69, 9.17) is 18.9 Å². The summed E-state index contributed by atoms with van der Waals surface area (Å²) in [6.07, 6.45) is 1.65. The minimum Gasteiger partial charge on any atom is -0.497 e. The molecule has 1 aliphatic rings. The molecule has 150 valence electrons. The Kier molecular flexibility index (Phi) is 5.22. The van der Waals surface area contributed by atoms with Crippen LogP contribution in [0.5, 0.6) is 23.0 Å². The number of Topliss-reactive ketones (excluding diaryl/α,β-unsaturated/α-hetero) is 1. The highest BCUT2D eigenvalue weighted by molar-refractivity contribution is 6.14. The molecule has 0 fully saturated rings. The fraction of sp³-hybridized carbons (Fsp3) is 0.0833. The van der Waals surface area contributed by atoms with Crippen molar-refractivity contribution >= 4 is 17.8 Å². The van der Waals surface area contributed by atoms with E-state index in [2.05, 4.69) is 0 Å². The van der Waals surface area contributed by atoms with Gasteiger partial charge in [-0.2, -0.15) is 0 Å². The molecule has 0 aliphatic carbocycles. The monoisotopic (exact) mass is 402 g/mol. The Labute approximate surface area is 173 Å². The molecule has 0 saturated carbocycles. The van der Waals surface area contributed by atoms with Crippen LogP contribution in [0.3, 0.4) is 0 Å². The molecule has 0 unspecified atom stereocenters. The standard InChI is InChI=1S/C24H18O6/c1-27-17-7-3-5-15(11-17)12-22-23(25)20-10-9-19(14-21(20)30-22)29-24(26)16-6-4-8-18(13-16)28-2/h3-14H,1-2H3. The van der Waals surface area contributed by atoms with Gasteiger partial charge >= 0.3 is 5.97 Å². The molecule has 1 heterocycles. The first-order valence-corrected chi connectivity index (χ1v) is 9.16. The van der Waals surface area contributed by atoms with Gasteiger partial charge in [0, 0.05) is 6.07 Å². The molecule has 30 heavy (non-hydrogen) atoms. The minimum absolute atomic E-state index is 0.189. The molecule has 0 bridgehead atoms. The zero-order chi connectivity index (χ0) is 21.1. The molecule has 4 rings (SSSR count). The van der Waals surface area contributed by atoms with E-state index in [0.29, 0.717) is 28.4 Å². The predicted octanol–water partition coefficient (Wildman–Crippen LogP) is 4.54. The lowest BCUT2D eigenvalue weighted by Gasteiger charge is -2.07. The number of ether oxygens (including phenoxy) is 4. The van der Waals surface area contributed by atoms with Gasteiger partial charge in [0.2, 0.25) is 5.78 Å². The SMILES string of the molecule is COc1cccc(C=C2Oc3cc(OC(=O)c4cccc(OC)c4)ccc3C2=O)c1. The topological polar surface area (TPSA) is 71.1 Å². The van der Waals surface area contributed by atoms with E-state index < -0.39 is 5.97 Å². The van der Waals surface area contributed by atoms with Gasteiger partial charge in [-0.25, -0.2) is 4.79 Å². The average molecular weight is 402 g/mol. The van der Waals surface area contributed by atoms with Crippen LogP contribution >= 0.6 is 0 Å². The van der Waals surface area contributed by atoms with Gasteiger partial charge in [0.15, 0.2) is 5.76 Å². The molecule has 0 spiro atoms. The van der Waals surface area contributed by atoms with Crippen molar-refractivity contribution in [2.45, 2.75) is 0 Å². The maximum Gasteiger partial charge on any atom is 0.343 e. The van der Waals surface area contributed by atoms with E-state index in [0.717, 1.165) is 5.56 Å². The maximum atomic E-state index is 12.6. The first-order chi connectivity index (χ1) is 14.6. The number of allylic oxidation sites excluding steroid dienone is 1. The molecule has 0 saturated heterocycles. The van der Waals surface area contributed by atoms with Crippen LogP contribution in [0.1, 0.15) is 26.3 Å². The third-order valence-corrected chi connectivity index (χ3v) is 4.55. The van der Waals surface area contributed by atoms with Gasteiger partial charge in [0.25, 0.3) is 0 Å². The fourth-order valence-corrected chi connectivity index (χ4v) is 3.03. The van der Waals surface area contributed by atoms with Crippen LogP contribution in [-0.4, -0.2) is 26.0 Å². The van der Waals surface area contributed by atoms with Gasteiger partial charge in [-0.15, -0.1) is 0 Å². The highest BCUT2D eigenvalue weighted by Gasteiger charge is 2.28. The fourth-order valence-electron chi connectivity index (χ4n) is 3.03. The van der Waals surface area contributed by atoms with Crippen LogP contribution < -0.4 is 18.9 Å². The summed E-state index contributed by atoms with van der Waals surface area (Å²) in [5, 5.41) is 0. The van der Waals surface area contributed by atoms with Gasteiger partial charge in [0.05, 0.1) is 25.3 Å². The number of ketones is 1. The molecule has 6 nitrogen and oxygen atoms in total. The molecule has 3 aromatic rings. The number of carbonyl (C=O) groups is 2. The average Bonchev–Trinajstić information content (AvgIpc) is 3.08. The number of rotatable bonds is 5. The number of hydrogen-bond acceptors (Lipinski definition) is 6. The predicted molar refractivity (Wildman–Crippen MR) is 110 cm³/mol. The summed E-state index contributed by atoms with van der Waals surface area (Å²) in [6, 6.07) is 18.6. The van der Waals surface area contributed by atoms with E-state index in [9.17, 15) is 9.59 Å². The van der Waals surface area contributed by atoms with E-state index in [1.165, 1.54) is 13.2 Å². The summed E-state index contributed by atoms with van der Waals surface area (Å²) in [5.74, 6) is 1.26. The van der Waals surface area contributed by atoms with Crippen molar-refractivity contribution in [1.29, 1.82) is 0 Å². The highest BCUT2D eigenvalue weighted by Crippen LogP contribution is 2.35. The van der Waals surface area contributed by atoms with E-state index in [1.807, 2.05) is 18.2 Å². The molecule has 3 aromatic carbocycles. The summed E-state index contributed by atoms with van der Waals surface area (Å²) in [5.41, 5.74) is 1.53. The third-order valence-electron chi connectivity index (χ3n) is 4.55. The van der Waals surface area contributed by atoms with E-state index in [-0.39, 0.29) is 17.3 Å². The number of esters is 1. The van der Waals surface area contributed by atoms with Gasteiger partial charge < -0.3 is 18.9 Å². The number of benzene rings is 3. The summed E-state index contributed by atoms with van der Waals surface area (Å²) < 4.78 is 21.5. The van der Waals surface area contributed by atoms with Crippen LogP contribution in [0.4, 0.5) is 0 Å². The lowest BCUT2D eigenvalue weighted by atomic mass is 10.1. The van der Waals surface area contributed by atoms with Crippen molar-refractivity contribution in [2.75, 3.05) is 14.2 Å². The largest absolute Gasteiger partial charge is 0.497 e. The molecule has 0 atom stereocenters. The van der Waals surface area contributed by atoms with Gasteiger partial charge in [0.1, 0.15) is 23.0 Å². The Balaban J connectivity index is 1.54. The lowest BCUT2D eigenvalue weighted by Crippen LogP contribution is -2.08. The highest BCUT2D eigenvalue weighted by atomic mass is 16.5. The van der Waals surface area contributed by atoms with Crippen molar-refractivity contribution < 1.29 is 28.5 Å². The second-order valence-corrected chi connectivity index (χ2v) is 6.50. The van der Waals surface area contributed by atoms with Gasteiger partial charge in [-0.05, 0) is 54.1 Å². The summed E-state index contributed by atoms with van der Waals surface area (Å²) in [6.45, 7) is 0. The van der Waals surface area contributed by atoms with Crippen molar-refractivity contribution in [1.82, 2.24) is 0 Å². The molecular formula is C24H18O6. The molecule has 1 aliphatic heterocycles. The van der Waals surface area contributed by atoms with Crippen molar-refractivity contribution in [3.8, 4) is 23.0 Å². The van der Waals surface area contributed by atoms with Crippen LogP contribution in [0.2, 0.25) is 0 Å². The molecule has 0 amide bonds. The van der Waals surface area contributed by atoms with Crippen LogP contribution in [0.15, 0.2) is 72.5 Å². The maximum absolute atomic E-state index is 12.6. The second-order valence-electron chi connectivity index (χ2n) is 6.50. The molecule has 0 N–H and O–H groups in total. The smallest absolute Gasteiger partial charge is 0.343 e. The normalized spacial score (nSPS) is 13.5. The molecule has 0 radical (unpaired) electrons. The van der Waals surface area contributed by atoms with Crippen molar-refractivity contribution in [2.24, 2.45) is 0 Å². The minimum atomic E-state index is -0.537. The molecular weight excluding hydrogens is 384 g/mol. The summed E-state index contributed by atoms with van der Waals surface area (Å²) >= 11 is 0. The lowest BCUT2D eigenvalue weighted by molar-refractivity contribution is 0.0734. The summed E-state index contributed by atoms with van der Waals surface area (Å²) in [7, 11) is 3.10. The third kappa shape index (κ3) is 3.89. The first-order valence-electron chi connectivity index (χ1n) is 9.16. The van der Waals surface area contributed by atoms with E-state index >= 15 is 0 Å². The Morgan fingerprint density at radius 3 is 2.37 bits per heavy atom. The zero-order valence-corrected chi connectivity index (χ0v) is 16.4. The number of carbonyl (C=O) groups excluding carboxylic acids is 2. The Hall–Kier alpha value is -4.06. The van der Waals surface area contributed by atoms with Gasteiger partial charge in [-0.1, -0.05) is 18.2 Å². The Bertz CT molecular complexity index is 1160. The Morgan fingerprint density at radius 1 is 0.867 bits per heavy atom. The van der Waals surface area contributed by atoms with Crippen LogP contribution in [-0.2, 0) is 0 Å². The summed E-state index contributed by atoms with van der Waals surface area (Å²) in [4.78, 5) is 25.0. The number of fused-ring (bicyclic) bond motifs is 1. The van der Waals surface area contributed by atoms with Crippen molar-refractivity contribution in [3.05, 3.63) is 89.2 Å². The quantitative estimate of drug-likeness (QED) is 0.355. The van der Waals surface area contributed by atoms with Gasteiger partial charge in [-0.3, -0.25) is 4.79 Å². The number of hydrogen-bond donors (Lipinski definition) is 0. The van der Waals surface area contributed by atoms with Crippen LogP contribution in [0, 0.1) is 0 Å². The second kappa shape index (κ2) is 8.13. The molecule has 0 aromatic heterocycles.